The molecule has 0 saturated carbocycles. The molecule has 8 heteroatoms. The molecule has 0 saturated heterocycles. The Hall–Kier alpha value is -3.39. The molecule has 30 heavy (non-hydrogen) atoms. The standard InChI is InChI=1S/C22H21N5O2S/c1-26-12-9-15-6-7-16(13-19(15)26)17-14-27(2)22-21(17)18(8-11-24-22)25-30(28,29)20-5-3-4-10-23-20/h3-8,10-11,13-14H,9,12H2,1-2H3,(H,24,25). The van der Waals surface area contributed by atoms with Gasteiger partial charge in [-0.1, -0.05) is 18.2 Å². The van der Waals surface area contributed by atoms with Gasteiger partial charge in [0.1, 0.15) is 5.65 Å². The number of sulfonamides is 1. The molecule has 0 unspecified atom stereocenters. The van der Waals surface area contributed by atoms with Crippen LogP contribution in [0.15, 0.2) is 66.1 Å². The molecule has 0 amide bonds. The van der Waals surface area contributed by atoms with Crippen LogP contribution in [-0.4, -0.2) is 36.5 Å². The predicted octanol–water partition coefficient (Wildman–Crippen LogP) is 3.43. The van der Waals surface area contributed by atoms with Crippen molar-refractivity contribution in [3.05, 3.63) is 66.6 Å². The molecule has 4 heterocycles. The van der Waals surface area contributed by atoms with Crippen molar-refractivity contribution in [1.29, 1.82) is 0 Å². The Labute approximate surface area is 175 Å². The fourth-order valence-electron chi connectivity index (χ4n) is 4.02. The molecule has 1 aliphatic rings. The molecule has 5 rings (SSSR count). The first kappa shape index (κ1) is 18.6. The lowest BCUT2D eigenvalue weighted by molar-refractivity contribution is 0.597. The number of anilines is 2. The average Bonchev–Trinajstić information content (AvgIpc) is 3.29. The summed E-state index contributed by atoms with van der Waals surface area (Å²) in [5, 5.41) is 0.742. The smallest absolute Gasteiger partial charge is 0.279 e. The summed E-state index contributed by atoms with van der Waals surface area (Å²) in [7, 11) is 0.183. The van der Waals surface area contributed by atoms with Crippen molar-refractivity contribution in [2.75, 3.05) is 23.2 Å². The Morgan fingerprint density at radius 3 is 2.70 bits per heavy atom. The Morgan fingerprint density at radius 2 is 1.90 bits per heavy atom. The Bertz CT molecular complexity index is 1360. The van der Waals surface area contributed by atoms with Crippen molar-refractivity contribution in [2.24, 2.45) is 7.05 Å². The van der Waals surface area contributed by atoms with Crippen LogP contribution in [0.3, 0.4) is 0 Å². The van der Waals surface area contributed by atoms with Crippen LogP contribution >= 0.6 is 0 Å². The van der Waals surface area contributed by atoms with E-state index in [0.717, 1.165) is 29.5 Å². The van der Waals surface area contributed by atoms with Crippen LogP contribution in [0.5, 0.6) is 0 Å². The van der Waals surface area contributed by atoms with E-state index in [9.17, 15) is 8.42 Å². The molecule has 1 aliphatic heterocycles. The molecular formula is C22H21N5O2S. The van der Waals surface area contributed by atoms with Gasteiger partial charge in [0.05, 0.1) is 11.1 Å². The van der Waals surface area contributed by atoms with E-state index in [0.29, 0.717) is 11.3 Å². The molecule has 1 aromatic carbocycles. The summed E-state index contributed by atoms with van der Waals surface area (Å²) in [6.45, 7) is 1.00. The highest BCUT2D eigenvalue weighted by atomic mass is 32.2. The molecule has 0 radical (unpaired) electrons. The number of fused-ring (bicyclic) bond motifs is 2. The first-order chi connectivity index (χ1) is 14.4. The summed E-state index contributed by atoms with van der Waals surface area (Å²) in [6.07, 6.45) is 6.11. The minimum atomic E-state index is -3.82. The molecule has 7 nitrogen and oxygen atoms in total. The first-order valence-corrected chi connectivity index (χ1v) is 11.1. The number of hydrogen-bond donors (Lipinski definition) is 1. The summed E-state index contributed by atoms with van der Waals surface area (Å²) in [5.41, 5.74) is 5.69. The van der Waals surface area contributed by atoms with E-state index in [2.05, 4.69) is 44.8 Å². The summed E-state index contributed by atoms with van der Waals surface area (Å²) in [4.78, 5) is 10.7. The molecule has 3 aromatic heterocycles. The van der Waals surface area contributed by atoms with Crippen LogP contribution in [-0.2, 0) is 23.5 Å². The van der Waals surface area contributed by atoms with E-state index >= 15 is 0 Å². The Morgan fingerprint density at radius 1 is 1.03 bits per heavy atom. The molecule has 0 atom stereocenters. The van der Waals surface area contributed by atoms with Crippen molar-refractivity contribution in [3.63, 3.8) is 0 Å². The summed E-state index contributed by atoms with van der Waals surface area (Å²) < 4.78 is 30.4. The highest BCUT2D eigenvalue weighted by Crippen LogP contribution is 2.38. The largest absolute Gasteiger partial charge is 0.374 e. The third-order valence-electron chi connectivity index (χ3n) is 5.54. The van der Waals surface area contributed by atoms with Crippen molar-refractivity contribution >= 4 is 32.4 Å². The van der Waals surface area contributed by atoms with Crippen LogP contribution in [0.1, 0.15) is 5.56 Å². The molecule has 4 aromatic rings. The van der Waals surface area contributed by atoms with Crippen molar-refractivity contribution < 1.29 is 8.42 Å². The number of aromatic nitrogens is 3. The highest BCUT2D eigenvalue weighted by molar-refractivity contribution is 7.92. The van der Waals surface area contributed by atoms with Crippen LogP contribution in [0, 0.1) is 0 Å². The third kappa shape index (κ3) is 3.00. The van der Waals surface area contributed by atoms with Crippen molar-refractivity contribution in [3.8, 4) is 11.1 Å². The predicted molar refractivity (Wildman–Crippen MR) is 118 cm³/mol. The van der Waals surface area contributed by atoms with Gasteiger partial charge in [0, 0.05) is 50.5 Å². The van der Waals surface area contributed by atoms with E-state index in [1.165, 1.54) is 23.5 Å². The number of likely N-dealkylation sites (N-methyl/N-ethyl adjacent to an activating group) is 1. The van der Waals surface area contributed by atoms with Crippen LogP contribution in [0.4, 0.5) is 11.4 Å². The number of nitrogens with zero attached hydrogens (tertiary/aromatic N) is 4. The van der Waals surface area contributed by atoms with Gasteiger partial charge in [-0.25, -0.2) is 9.97 Å². The maximum absolute atomic E-state index is 12.9. The average molecular weight is 420 g/mol. The minimum absolute atomic E-state index is 0.0217. The van der Waals surface area contributed by atoms with Crippen LogP contribution < -0.4 is 9.62 Å². The number of rotatable bonds is 4. The second-order valence-corrected chi connectivity index (χ2v) is 9.13. The highest BCUT2D eigenvalue weighted by Gasteiger charge is 2.22. The monoisotopic (exact) mass is 419 g/mol. The van der Waals surface area contributed by atoms with E-state index in [1.807, 2.05) is 17.8 Å². The van der Waals surface area contributed by atoms with Crippen LogP contribution in [0.2, 0.25) is 0 Å². The fourth-order valence-corrected chi connectivity index (χ4v) is 5.04. The molecule has 0 fully saturated rings. The summed E-state index contributed by atoms with van der Waals surface area (Å²) >= 11 is 0. The SMILES string of the molecule is CN1CCc2ccc(-c3cn(C)c4nccc(NS(=O)(=O)c5ccccn5)c34)cc21. The third-order valence-corrected chi connectivity index (χ3v) is 6.82. The van der Waals surface area contributed by atoms with Gasteiger partial charge in [-0.3, -0.25) is 4.72 Å². The molecule has 1 N–H and O–H groups in total. The first-order valence-electron chi connectivity index (χ1n) is 9.66. The maximum atomic E-state index is 12.9. The van der Waals surface area contributed by atoms with Gasteiger partial charge < -0.3 is 9.47 Å². The molecule has 0 spiro atoms. The van der Waals surface area contributed by atoms with Gasteiger partial charge in [0.25, 0.3) is 10.0 Å². The van der Waals surface area contributed by atoms with Crippen LogP contribution in [0.25, 0.3) is 22.2 Å². The molecule has 0 bridgehead atoms. The Kier molecular flexibility index (Phi) is 4.25. The zero-order chi connectivity index (χ0) is 20.9. The second kappa shape index (κ2) is 6.84. The number of hydrogen-bond acceptors (Lipinski definition) is 5. The molecular weight excluding hydrogens is 398 g/mol. The lowest BCUT2D eigenvalue weighted by Gasteiger charge is -2.14. The van der Waals surface area contributed by atoms with Crippen molar-refractivity contribution in [1.82, 2.24) is 14.5 Å². The minimum Gasteiger partial charge on any atom is -0.374 e. The zero-order valence-corrected chi connectivity index (χ0v) is 17.5. The lowest BCUT2D eigenvalue weighted by atomic mass is 10.0. The second-order valence-electron chi connectivity index (χ2n) is 7.50. The lowest BCUT2D eigenvalue weighted by Crippen LogP contribution is -2.14. The van der Waals surface area contributed by atoms with E-state index in [1.54, 1.807) is 24.4 Å². The maximum Gasteiger partial charge on any atom is 0.279 e. The van der Waals surface area contributed by atoms with Gasteiger partial charge in [0.2, 0.25) is 0 Å². The van der Waals surface area contributed by atoms with Gasteiger partial charge in [0.15, 0.2) is 5.03 Å². The topological polar surface area (TPSA) is 80.1 Å². The van der Waals surface area contributed by atoms with E-state index < -0.39 is 10.0 Å². The zero-order valence-electron chi connectivity index (χ0n) is 16.7. The number of nitrogens with one attached hydrogen (secondary N) is 1. The van der Waals surface area contributed by atoms with Gasteiger partial charge in [-0.05, 0) is 41.8 Å². The fraction of sp³-hybridized carbons (Fsp3) is 0.182. The number of benzene rings is 1. The molecule has 152 valence electrons. The number of pyridine rings is 2. The van der Waals surface area contributed by atoms with Gasteiger partial charge in [-0.2, -0.15) is 8.42 Å². The van der Waals surface area contributed by atoms with Crippen molar-refractivity contribution in [2.45, 2.75) is 11.4 Å². The van der Waals surface area contributed by atoms with E-state index in [4.69, 9.17) is 0 Å². The summed E-state index contributed by atoms with van der Waals surface area (Å²) in [6, 6.07) is 12.9. The van der Waals surface area contributed by atoms with Gasteiger partial charge >= 0.3 is 0 Å². The van der Waals surface area contributed by atoms with Gasteiger partial charge in [-0.15, -0.1) is 0 Å². The van der Waals surface area contributed by atoms with E-state index in [-0.39, 0.29) is 5.03 Å². The number of aryl methyl sites for hydroxylation is 1. The quantitative estimate of drug-likeness (QED) is 0.548. The normalized spacial score (nSPS) is 13.6. The molecule has 0 aliphatic carbocycles. The summed E-state index contributed by atoms with van der Waals surface area (Å²) in [5.74, 6) is 0. The Balaban J connectivity index is 1.66.